The number of ether oxygens (including phenoxy) is 1. The largest absolute Gasteiger partial charge is 0.482 e. The van der Waals surface area contributed by atoms with E-state index in [0.29, 0.717) is 23.1 Å². The number of benzene rings is 1. The van der Waals surface area contributed by atoms with Crippen molar-refractivity contribution in [2.45, 2.75) is 33.1 Å². The lowest BCUT2D eigenvalue weighted by atomic mass is 9.81. The molecule has 1 aliphatic carbocycles. The molecule has 1 amide bonds. The monoisotopic (exact) mass is 299 g/mol. The van der Waals surface area contributed by atoms with Crippen LogP contribution in [0.3, 0.4) is 0 Å². The van der Waals surface area contributed by atoms with Crippen LogP contribution < -0.4 is 10.2 Å². The maximum atomic E-state index is 11.8. The van der Waals surface area contributed by atoms with Gasteiger partial charge in [0.1, 0.15) is 11.8 Å². The van der Waals surface area contributed by atoms with Crippen molar-refractivity contribution in [1.82, 2.24) is 5.43 Å². The summed E-state index contributed by atoms with van der Waals surface area (Å²) in [6.45, 7) is 4.12. The second-order valence-electron chi connectivity index (χ2n) is 5.70. The molecule has 116 valence electrons. The third-order valence-corrected chi connectivity index (χ3v) is 3.96. The summed E-state index contributed by atoms with van der Waals surface area (Å²) in [5.74, 6) is 0.908. The highest BCUT2D eigenvalue weighted by Crippen LogP contribution is 2.25. The molecule has 0 radical (unpaired) electrons. The van der Waals surface area contributed by atoms with Gasteiger partial charge in [0.25, 0.3) is 5.91 Å². The van der Waals surface area contributed by atoms with Crippen LogP contribution in [0.25, 0.3) is 0 Å². The van der Waals surface area contributed by atoms with E-state index in [1.165, 1.54) is 6.42 Å². The van der Waals surface area contributed by atoms with Gasteiger partial charge in [-0.1, -0.05) is 32.4 Å². The number of para-hydroxylation sites is 1. The van der Waals surface area contributed by atoms with Gasteiger partial charge < -0.3 is 4.74 Å². The molecule has 5 heteroatoms. The van der Waals surface area contributed by atoms with Crippen LogP contribution in [-0.4, -0.2) is 18.2 Å². The van der Waals surface area contributed by atoms with Gasteiger partial charge >= 0.3 is 0 Å². The zero-order chi connectivity index (χ0) is 15.9. The third-order valence-electron chi connectivity index (χ3n) is 3.96. The topological polar surface area (TPSA) is 74.5 Å². The van der Waals surface area contributed by atoms with Gasteiger partial charge in [-0.2, -0.15) is 10.4 Å². The molecule has 1 N–H and O–H groups in total. The summed E-state index contributed by atoms with van der Waals surface area (Å²) in [4.78, 5) is 11.8. The van der Waals surface area contributed by atoms with Crippen molar-refractivity contribution in [1.29, 1.82) is 5.26 Å². The predicted molar refractivity (Wildman–Crippen MR) is 84.4 cm³/mol. The summed E-state index contributed by atoms with van der Waals surface area (Å²) in [5, 5.41) is 13.2. The first-order valence-electron chi connectivity index (χ1n) is 7.60. The number of carbonyl (C=O) groups is 1. The SMILES string of the molecule is C[C@@H]1CCC[C@H](C)C1=NNC(=O)COc1ccccc1C#N. The molecular formula is C17H21N3O2. The number of nitrogens with one attached hydrogen (secondary N) is 1. The minimum Gasteiger partial charge on any atom is -0.482 e. The Morgan fingerprint density at radius 2 is 2.05 bits per heavy atom. The van der Waals surface area contributed by atoms with Crippen molar-refractivity contribution >= 4 is 11.6 Å². The van der Waals surface area contributed by atoms with Crippen LogP contribution >= 0.6 is 0 Å². The van der Waals surface area contributed by atoms with Crippen molar-refractivity contribution in [3.8, 4) is 11.8 Å². The van der Waals surface area contributed by atoms with Crippen LogP contribution in [-0.2, 0) is 4.79 Å². The fraction of sp³-hybridized carbons (Fsp3) is 0.471. The standard InChI is InChI=1S/C17H21N3O2/c1-12-6-5-7-13(2)17(12)20-19-16(21)11-22-15-9-4-3-8-14(15)10-18/h3-4,8-9,12-13H,5-7,11H2,1-2H3,(H,19,21)/t12-,13+. The van der Waals surface area contributed by atoms with Crippen LogP contribution in [0.15, 0.2) is 29.4 Å². The van der Waals surface area contributed by atoms with Crippen molar-refractivity contribution < 1.29 is 9.53 Å². The predicted octanol–water partition coefficient (Wildman–Crippen LogP) is 2.87. The van der Waals surface area contributed by atoms with E-state index in [9.17, 15) is 4.79 Å². The van der Waals surface area contributed by atoms with E-state index in [0.717, 1.165) is 18.6 Å². The molecule has 1 aliphatic rings. The summed E-state index contributed by atoms with van der Waals surface area (Å²) < 4.78 is 5.38. The number of hydrogen-bond acceptors (Lipinski definition) is 4. The van der Waals surface area contributed by atoms with Crippen molar-refractivity contribution in [2.75, 3.05) is 6.61 Å². The van der Waals surface area contributed by atoms with Gasteiger partial charge in [0.2, 0.25) is 0 Å². The molecule has 5 nitrogen and oxygen atoms in total. The molecule has 2 atom stereocenters. The Kier molecular flexibility index (Phi) is 5.54. The number of hydrogen-bond donors (Lipinski definition) is 1. The summed E-state index contributed by atoms with van der Waals surface area (Å²) in [7, 11) is 0. The Morgan fingerprint density at radius 3 is 2.73 bits per heavy atom. The first-order valence-corrected chi connectivity index (χ1v) is 7.60. The quantitative estimate of drug-likeness (QED) is 0.869. The lowest BCUT2D eigenvalue weighted by Crippen LogP contribution is -2.31. The second-order valence-corrected chi connectivity index (χ2v) is 5.70. The summed E-state index contributed by atoms with van der Waals surface area (Å²) in [6.07, 6.45) is 3.44. The Hall–Kier alpha value is -2.35. The third kappa shape index (κ3) is 4.08. The van der Waals surface area contributed by atoms with Crippen LogP contribution in [0.2, 0.25) is 0 Å². The van der Waals surface area contributed by atoms with E-state index < -0.39 is 0 Å². The molecule has 0 heterocycles. The fourth-order valence-corrected chi connectivity index (χ4v) is 2.72. The molecule has 0 aromatic heterocycles. The molecule has 0 bridgehead atoms. The van der Waals surface area contributed by atoms with Crippen molar-refractivity contribution in [2.24, 2.45) is 16.9 Å². The lowest BCUT2D eigenvalue weighted by molar-refractivity contribution is -0.123. The Bertz CT molecular complexity index is 592. The second kappa shape index (κ2) is 7.60. The van der Waals surface area contributed by atoms with Crippen LogP contribution in [0, 0.1) is 23.2 Å². The highest BCUT2D eigenvalue weighted by atomic mass is 16.5. The van der Waals surface area contributed by atoms with Crippen molar-refractivity contribution in [3.63, 3.8) is 0 Å². The highest BCUT2D eigenvalue weighted by Gasteiger charge is 2.23. The van der Waals surface area contributed by atoms with Gasteiger partial charge in [-0.25, -0.2) is 5.43 Å². The maximum Gasteiger partial charge on any atom is 0.277 e. The smallest absolute Gasteiger partial charge is 0.277 e. The van der Waals surface area contributed by atoms with Gasteiger partial charge in [0.15, 0.2) is 6.61 Å². The molecule has 1 aromatic rings. The molecule has 0 unspecified atom stereocenters. The van der Waals surface area contributed by atoms with E-state index in [1.807, 2.05) is 6.07 Å². The van der Waals surface area contributed by atoms with E-state index in [2.05, 4.69) is 24.4 Å². The molecule has 0 saturated heterocycles. The van der Waals surface area contributed by atoms with Crippen molar-refractivity contribution in [3.05, 3.63) is 29.8 Å². The molecular weight excluding hydrogens is 278 g/mol. The van der Waals surface area contributed by atoms with E-state index in [4.69, 9.17) is 10.00 Å². The Balaban J connectivity index is 1.89. The number of amides is 1. The zero-order valence-electron chi connectivity index (χ0n) is 13.0. The van der Waals surface area contributed by atoms with Gasteiger partial charge in [-0.3, -0.25) is 4.79 Å². The molecule has 1 saturated carbocycles. The number of nitrogens with zero attached hydrogens (tertiary/aromatic N) is 2. The molecule has 2 rings (SSSR count). The number of hydrazone groups is 1. The minimum absolute atomic E-state index is 0.155. The summed E-state index contributed by atoms with van der Waals surface area (Å²) in [5.41, 5.74) is 4.03. The Labute approximate surface area is 131 Å². The van der Waals surface area contributed by atoms with E-state index >= 15 is 0 Å². The molecule has 0 aliphatic heterocycles. The lowest BCUT2D eigenvalue weighted by Gasteiger charge is -2.26. The minimum atomic E-state index is -0.315. The van der Waals surface area contributed by atoms with E-state index in [1.54, 1.807) is 24.3 Å². The molecule has 1 aromatic carbocycles. The number of rotatable bonds is 4. The maximum absolute atomic E-state index is 11.8. The van der Waals surface area contributed by atoms with Gasteiger partial charge in [0.05, 0.1) is 5.56 Å². The van der Waals surface area contributed by atoms with Gasteiger partial charge in [-0.15, -0.1) is 0 Å². The first kappa shape index (κ1) is 16.0. The number of carbonyl (C=O) groups excluding carboxylic acids is 1. The normalized spacial score (nSPS) is 22.9. The van der Waals surface area contributed by atoms with Crippen LogP contribution in [0.5, 0.6) is 5.75 Å². The van der Waals surface area contributed by atoms with Crippen LogP contribution in [0.4, 0.5) is 0 Å². The van der Waals surface area contributed by atoms with Gasteiger partial charge in [-0.05, 0) is 36.8 Å². The molecule has 22 heavy (non-hydrogen) atoms. The summed E-state index contributed by atoms with van der Waals surface area (Å²) in [6, 6.07) is 8.87. The molecule has 1 fully saturated rings. The average Bonchev–Trinajstić information content (AvgIpc) is 2.52. The van der Waals surface area contributed by atoms with E-state index in [-0.39, 0.29) is 12.5 Å². The number of nitriles is 1. The van der Waals surface area contributed by atoms with Crippen LogP contribution in [0.1, 0.15) is 38.7 Å². The Morgan fingerprint density at radius 1 is 1.36 bits per heavy atom. The van der Waals surface area contributed by atoms with Gasteiger partial charge in [0, 0.05) is 5.71 Å². The first-order chi connectivity index (χ1) is 10.6. The summed E-state index contributed by atoms with van der Waals surface area (Å²) >= 11 is 0. The zero-order valence-corrected chi connectivity index (χ0v) is 13.0. The fourth-order valence-electron chi connectivity index (χ4n) is 2.72. The average molecular weight is 299 g/mol. The highest BCUT2D eigenvalue weighted by molar-refractivity contribution is 5.90. The molecule has 0 spiro atoms.